The van der Waals surface area contributed by atoms with Crippen molar-refractivity contribution in [2.24, 2.45) is 0 Å². The maximum Gasteiger partial charge on any atom is 0.311 e. The van der Waals surface area contributed by atoms with Crippen LogP contribution in [0.2, 0.25) is 0 Å². The molecule has 2 saturated heterocycles. The summed E-state index contributed by atoms with van der Waals surface area (Å²) in [5, 5.41) is 11.2. The number of hydrogen-bond donors (Lipinski definition) is 0. The Morgan fingerprint density at radius 2 is 2.09 bits per heavy atom. The van der Waals surface area contributed by atoms with Gasteiger partial charge in [0.2, 0.25) is 0 Å². The van der Waals surface area contributed by atoms with Crippen LogP contribution >= 0.6 is 0 Å². The van der Waals surface area contributed by atoms with Crippen molar-refractivity contribution < 1.29 is 9.66 Å². The summed E-state index contributed by atoms with van der Waals surface area (Å²) >= 11 is 0. The number of hydrogen-bond acceptors (Lipinski definition) is 5. The number of ether oxygens (including phenoxy) is 1. The maximum atomic E-state index is 11.2. The lowest BCUT2D eigenvalue weighted by atomic mass is 9.96. The molecule has 2 aliphatic heterocycles. The Hall–Kier alpha value is -1.82. The van der Waals surface area contributed by atoms with Crippen LogP contribution in [-0.4, -0.2) is 48.1 Å². The van der Waals surface area contributed by atoms with Gasteiger partial charge in [-0.3, -0.25) is 15.0 Å². The molecule has 1 aromatic carbocycles. The van der Waals surface area contributed by atoms with Gasteiger partial charge in [0, 0.05) is 36.4 Å². The highest BCUT2D eigenvalue weighted by Crippen LogP contribution is 2.40. The second-order valence-corrected chi connectivity index (χ2v) is 7.00. The largest absolute Gasteiger partial charge is 0.484 e. The lowest BCUT2D eigenvalue weighted by Gasteiger charge is -2.32. The Bertz CT molecular complexity index is 605. The monoisotopic (exact) mass is 319 g/mol. The molecule has 1 aromatic rings. The second-order valence-electron chi connectivity index (χ2n) is 7.00. The van der Waals surface area contributed by atoms with Crippen LogP contribution in [0.15, 0.2) is 18.2 Å². The Morgan fingerprint density at radius 3 is 2.70 bits per heavy atom. The highest BCUT2D eigenvalue weighted by molar-refractivity contribution is 5.60. The zero-order valence-electron chi connectivity index (χ0n) is 14.1. The summed E-state index contributed by atoms with van der Waals surface area (Å²) < 4.78 is 5.67. The van der Waals surface area contributed by atoms with Gasteiger partial charge in [-0.2, -0.15) is 0 Å². The van der Waals surface area contributed by atoms with E-state index in [4.69, 9.17) is 4.74 Å². The summed E-state index contributed by atoms with van der Waals surface area (Å²) in [5.41, 5.74) is 1.33. The first kappa shape index (κ1) is 16.1. The van der Waals surface area contributed by atoms with Gasteiger partial charge in [0.25, 0.3) is 0 Å². The smallest absolute Gasteiger partial charge is 0.311 e. The van der Waals surface area contributed by atoms with E-state index in [-0.39, 0.29) is 22.3 Å². The minimum absolute atomic E-state index is 0.0364. The second kappa shape index (κ2) is 6.00. The first-order chi connectivity index (χ1) is 10.9. The SMILES string of the molecule is CC(C)Oc1cc(N2CCC3(CCCN3C)C2)ccc1[N+](=O)[O-]. The Kier molecular flexibility index (Phi) is 4.19. The fourth-order valence-corrected chi connectivity index (χ4v) is 3.86. The molecular formula is C17H25N3O3. The molecule has 1 spiro atoms. The molecule has 1 unspecified atom stereocenters. The van der Waals surface area contributed by atoms with Crippen molar-refractivity contribution in [3.63, 3.8) is 0 Å². The van der Waals surface area contributed by atoms with Crippen molar-refractivity contribution in [3.05, 3.63) is 28.3 Å². The number of benzene rings is 1. The van der Waals surface area contributed by atoms with Gasteiger partial charge in [-0.05, 0) is 52.8 Å². The zero-order valence-corrected chi connectivity index (χ0v) is 14.1. The normalized spacial score (nSPS) is 24.8. The van der Waals surface area contributed by atoms with E-state index in [1.54, 1.807) is 6.07 Å². The Balaban J connectivity index is 1.85. The number of nitro benzene ring substituents is 1. The summed E-state index contributed by atoms with van der Waals surface area (Å²) in [6.07, 6.45) is 3.56. The van der Waals surface area contributed by atoms with Crippen molar-refractivity contribution in [1.29, 1.82) is 0 Å². The molecule has 23 heavy (non-hydrogen) atoms. The van der Waals surface area contributed by atoms with Crippen molar-refractivity contribution in [2.45, 2.75) is 44.8 Å². The lowest BCUT2D eigenvalue weighted by Crippen LogP contribution is -2.43. The maximum absolute atomic E-state index is 11.2. The quantitative estimate of drug-likeness (QED) is 0.630. The average molecular weight is 319 g/mol. The highest BCUT2D eigenvalue weighted by atomic mass is 16.6. The predicted octanol–water partition coefficient (Wildman–Crippen LogP) is 3.06. The Labute approximate surface area is 137 Å². The van der Waals surface area contributed by atoms with Crippen molar-refractivity contribution in [1.82, 2.24) is 4.90 Å². The molecule has 0 amide bonds. The minimum atomic E-state index is -0.377. The van der Waals surface area contributed by atoms with Gasteiger partial charge in [-0.15, -0.1) is 0 Å². The standard InChI is InChI=1S/C17H25N3O3/c1-13(2)23-16-11-14(5-6-15(16)20(21)22)19-10-8-17(12-19)7-4-9-18(17)3/h5-6,11,13H,4,7-10,12H2,1-3H3. The zero-order chi connectivity index (χ0) is 16.6. The molecule has 2 aliphatic rings. The van der Waals surface area contributed by atoms with E-state index in [1.165, 1.54) is 12.8 Å². The van der Waals surface area contributed by atoms with Crippen LogP contribution < -0.4 is 9.64 Å². The molecule has 0 aliphatic carbocycles. The molecule has 3 rings (SSSR count). The summed E-state index contributed by atoms with van der Waals surface area (Å²) in [4.78, 5) is 15.6. The summed E-state index contributed by atoms with van der Waals surface area (Å²) in [7, 11) is 2.21. The average Bonchev–Trinajstić information content (AvgIpc) is 3.06. The Morgan fingerprint density at radius 1 is 1.30 bits per heavy atom. The van der Waals surface area contributed by atoms with E-state index >= 15 is 0 Å². The van der Waals surface area contributed by atoms with E-state index in [1.807, 2.05) is 26.0 Å². The first-order valence-electron chi connectivity index (χ1n) is 8.33. The molecule has 0 radical (unpaired) electrons. The van der Waals surface area contributed by atoms with Gasteiger partial charge in [0.05, 0.1) is 11.0 Å². The van der Waals surface area contributed by atoms with Gasteiger partial charge < -0.3 is 9.64 Å². The van der Waals surface area contributed by atoms with Crippen LogP contribution in [0.3, 0.4) is 0 Å². The molecule has 2 fully saturated rings. The topological polar surface area (TPSA) is 58.8 Å². The van der Waals surface area contributed by atoms with Gasteiger partial charge in [-0.1, -0.05) is 0 Å². The summed E-state index contributed by atoms with van der Waals surface area (Å²) in [6, 6.07) is 5.24. The molecule has 0 bridgehead atoms. The van der Waals surface area contributed by atoms with Crippen LogP contribution in [0.4, 0.5) is 11.4 Å². The molecule has 126 valence electrons. The van der Waals surface area contributed by atoms with Crippen LogP contribution in [0.5, 0.6) is 5.75 Å². The lowest BCUT2D eigenvalue weighted by molar-refractivity contribution is -0.386. The number of rotatable bonds is 4. The molecule has 0 N–H and O–H groups in total. The third-order valence-electron chi connectivity index (χ3n) is 5.15. The number of likely N-dealkylation sites (N-methyl/N-ethyl adjacent to an activating group) is 1. The van der Waals surface area contributed by atoms with E-state index < -0.39 is 0 Å². The first-order valence-corrected chi connectivity index (χ1v) is 8.33. The molecule has 6 heteroatoms. The molecule has 1 atom stereocenters. The third-order valence-corrected chi connectivity index (χ3v) is 5.15. The van der Waals surface area contributed by atoms with Crippen LogP contribution in [0, 0.1) is 10.1 Å². The number of likely N-dealkylation sites (tertiary alicyclic amines) is 1. The van der Waals surface area contributed by atoms with E-state index in [0.29, 0.717) is 5.75 Å². The van der Waals surface area contributed by atoms with Gasteiger partial charge in [0.15, 0.2) is 5.75 Å². The highest BCUT2D eigenvalue weighted by Gasteiger charge is 2.44. The minimum Gasteiger partial charge on any atom is -0.484 e. The van der Waals surface area contributed by atoms with Gasteiger partial charge in [-0.25, -0.2) is 0 Å². The van der Waals surface area contributed by atoms with Gasteiger partial charge >= 0.3 is 5.69 Å². The molecule has 0 aromatic heterocycles. The molecule has 2 heterocycles. The summed E-state index contributed by atoms with van der Waals surface area (Å²) in [5.74, 6) is 0.364. The fourth-order valence-electron chi connectivity index (χ4n) is 3.86. The molecule has 6 nitrogen and oxygen atoms in total. The van der Waals surface area contributed by atoms with Crippen molar-refractivity contribution >= 4 is 11.4 Å². The van der Waals surface area contributed by atoms with Crippen molar-refractivity contribution in [3.8, 4) is 5.75 Å². The molecular weight excluding hydrogens is 294 g/mol. The number of anilines is 1. The predicted molar refractivity (Wildman–Crippen MR) is 90.3 cm³/mol. The number of nitro groups is 1. The van der Waals surface area contributed by atoms with Crippen molar-refractivity contribution in [2.75, 3.05) is 31.6 Å². The van der Waals surface area contributed by atoms with E-state index in [9.17, 15) is 10.1 Å². The summed E-state index contributed by atoms with van der Waals surface area (Å²) in [6.45, 7) is 6.91. The van der Waals surface area contributed by atoms with E-state index in [0.717, 1.165) is 31.7 Å². The fraction of sp³-hybridized carbons (Fsp3) is 0.647. The van der Waals surface area contributed by atoms with E-state index in [2.05, 4.69) is 16.8 Å². The van der Waals surface area contributed by atoms with Gasteiger partial charge in [0.1, 0.15) is 0 Å². The van der Waals surface area contributed by atoms with Crippen LogP contribution in [0.25, 0.3) is 0 Å². The van der Waals surface area contributed by atoms with Crippen LogP contribution in [0.1, 0.15) is 33.1 Å². The third kappa shape index (κ3) is 3.00. The molecule has 0 saturated carbocycles. The van der Waals surface area contributed by atoms with Crippen LogP contribution in [-0.2, 0) is 0 Å². The number of nitrogens with zero attached hydrogens (tertiary/aromatic N) is 3.